The highest BCUT2D eigenvalue weighted by Crippen LogP contribution is 2.25. The number of ketones is 1. The minimum Gasteiger partial charge on any atom is -0.398 e. The lowest BCUT2D eigenvalue weighted by molar-refractivity contribution is 0.103. The molecule has 1 heterocycles. The number of nitrogen functional groups attached to an aromatic ring is 1. The van der Waals surface area contributed by atoms with Crippen molar-refractivity contribution >= 4 is 38.2 Å². The highest BCUT2D eigenvalue weighted by Gasteiger charge is 2.21. The molecule has 3 aromatic rings. The summed E-state index contributed by atoms with van der Waals surface area (Å²) in [5, 5.41) is 9.61. The molecule has 0 amide bonds. The Labute approximate surface area is 123 Å². The molecule has 0 aliphatic rings. The van der Waals surface area contributed by atoms with Gasteiger partial charge in [0, 0.05) is 18.3 Å². The Balaban J connectivity index is 2.19. The molecular weight excluding hydrogens is 320 g/mol. The average Bonchev–Trinajstić information content (AvgIpc) is 2.76. The van der Waals surface area contributed by atoms with Gasteiger partial charge in [0.1, 0.15) is 5.69 Å². The number of fused-ring (bicyclic) bond motifs is 1. The van der Waals surface area contributed by atoms with E-state index in [9.17, 15) is 4.79 Å². The fraction of sp³-hybridized carbons (Fsp3) is 0.0714. The number of anilines is 1. The first-order valence-electron chi connectivity index (χ1n) is 5.96. The van der Waals surface area contributed by atoms with Gasteiger partial charge in [-0.05, 0) is 38.8 Å². The second-order valence-corrected chi connectivity index (χ2v) is 5.22. The van der Waals surface area contributed by atoms with Crippen molar-refractivity contribution in [3.05, 3.63) is 52.3 Å². The average molecular weight is 331 g/mol. The Hall–Kier alpha value is -2.21. The normalized spacial score (nSPS) is 10.9. The van der Waals surface area contributed by atoms with Gasteiger partial charge in [0.05, 0.1) is 0 Å². The molecule has 100 valence electrons. The molecule has 2 aromatic carbocycles. The molecule has 20 heavy (non-hydrogen) atoms. The van der Waals surface area contributed by atoms with Gasteiger partial charge in [-0.2, -0.15) is 0 Å². The van der Waals surface area contributed by atoms with E-state index in [0.29, 0.717) is 21.5 Å². The third kappa shape index (κ3) is 1.98. The van der Waals surface area contributed by atoms with E-state index in [2.05, 4.69) is 26.2 Å². The summed E-state index contributed by atoms with van der Waals surface area (Å²) in [5.74, 6) is -0.201. The van der Waals surface area contributed by atoms with Crippen LogP contribution in [-0.4, -0.2) is 20.8 Å². The second-order valence-electron chi connectivity index (χ2n) is 4.47. The molecule has 3 rings (SSSR count). The van der Waals surface area contributed by atoms with Gasteiger partial charge < -0.3 is 5.73 Å². The molecule has 2 N–H and O–H groups in total. The van der Waals surface area contributed by atoms with E-state index < -0.39 is 0 Å². The second kappa shape index (κ2) is 4.72. The molecule has 5 nitrogen and oxygen atoms in total. The first-order valence-corrected chi connectivity index (χ1v) is 6.75. The molecule has 1 aromatic heterocycles. The van der Waals surface area contributed by atoms with E-state index in [4.69, 9.17) is 5.73 Å². The Kier molecular flexibility index (Phi) is 3.02. The summed E-state index contributed by atoms with van der Waals surface area (Å²) in [6.07, 6.45) is 0. The van der Waals surface area contributed by atoms with Gasteiger partial charge in [0.25, 0.3) is 0 Å². The number of nitrogens with two attached hydrogens (primary N) is 1. The fourth-order valence-corrected chi connectivity index (χ4v) is 2.66. The van der Waals surface area contributed by atoms with Gasteiger partial charge in [-0.1, -0.05) is 29.5 Å². The van der Waals surface area contributed by atoms with Crippen molar-refractivity contribution < 1.29 is 4.79 Å². The van der Waals surface area contributed by atoms with E-state index in [1.54, 1.807) is 19.2 Å². The van der Waals surface area contributed by atoms with Crippen molar-refractivity contribution in [3.63, 3.8) is 0 Å². The van der Waals surface area contributed by atoms with Crippen LogP contribution >= 0.6 is 15.9 Å². The molecule has 0 radical (unpaired) electrons. The number of carbonyl (C=O) groups excluding carboxylic acids is 1. The maximum Gasteiger partial charge on any atom is 0.215 e. The largest absolute Gasteiger partial charge is 0.398 e. The smallest absolute Gasteiger partial charge is 0.215 e. The Bertz CT molecular complexity index is 806. The third-order valence-corrected chi connectivity index (χ3v) is 3.70. The molecule has 0 aliphatic heterocycles. The molecule has 0 aliphatic carbocycles. The predicted molar refractivity (Wildman–Crippen MR) is 80.5 cm³/mol. The topological polar surface area (TPSA) is 73.8 Å². The minimum absolute atomic E-state index is 0.201. The lowest BCUT2D eigenvalue weighted by atomic mass is 10.0. The summed E-state index contributed by atoms with van der Waals surface area (Å²) in [4.78, 5) is 12.6. The molecule has 0 atom stereocenters. The summed E-state index contributed by atoms with van der Waals surface area (Å²) < 4.78 is 1.85. The van der Waals surface area contributed by atoms with Gasteiger partial charge >= 0.3 is 0 Å². The van der Waals surface area contributed by atoms with Crippen LogP contribution in [-0.2, 0) is 7.05 Å². The Morgan fingerprint density at radius 1 is 1.25 bits per heavy atom. The van der Waals surface area contributed by atoms with Crippen LogP contribution < -0.4 is 5.73 Å². The molecule has 0 saturated heterocycles. The number of benzene rings is 2. The first kappa shape index (κ1) is 12.8. The van der Waals surface area contributed by atoms with Crippen molar-refractivity contribution in [1.29, 1.82) is 0 Å². The van der Waals surface area contributed by atoms with Crippen molar-refractivity contribution in [3.8, 4) is 0 Å². The van der Waals surface area contributed by atoms with Crippen molar-refractivity contribution in [2.45, 2.75) is 0 Å². The molecule has 0 spiro atoms. The molecule has 0 bridgehead atoms. The number of nitrogens with zero attached hydrogens (tertiary/aromatic N) is 3. The maximum atomic E-state index is 12.6. The highest BCUT2D eigenvalue weighted by molar-refractivity contribution is 9.10. The van der Waals surface area contributed by atoms with Crippen LogP contribution in [0.25, 0.3) is 10.8 Å². The zero-order valence-electron chi connectivity index (χ0n) is 10.7. The van der Waals surface area contributed by atoms with Crippen LogP contribution in [0.15, 0.2) is 41.0 Å². The molecule has 0 unspecified atom stereocenters. The van der Waals surface area contributed by atoms with Gasteiger partial charge in [0.2, 0.25) is 5.78 Å². The van der Waals surface area contributed by atoms with Crippen LogP contribution in [0.5, 0.6) is 0 Å². The number of hydrogen-bond acceptors (Lipinski definition) is 4. The SMILES string of the molecule is Cn1nnc(Br)c1C(=O)c1cc2ccccc2cc1N. The Morgan fingerprint density at radius 2 is 1.90 bits per heavy atom. The quantitative estimate of drug-likeness (QED) is 0.578. The van der Waals surface area contributed by atoms with Crippen LogP contribution in [0, 0.1) is 0 Å². The van der Waals surface area contributed by atoms with Gasteiger partial charge in [-0.3, -0.25) is 4.79 Å². The van der Waals surface area contributed by atoms with E-state index in [-0.39, 0.29) is 5.78 Å². The van der Waals surface area contributed by atoms with Gasteiger partial charge in [-0.15, -0.1) is 5.10 Å². The predicted octanol–water partition coefficient (Wildman–Crippen LogP) is 2.54. The van der Waals surface area contributed by atoms with E-state index in [0.717, 1.165) is 10.8 Å². The zero-order chi connectivity index (χ0) is 14.3. The number of aromatic nitrogens is 3. The fourth-order valence-electron chi connectivity index (χ4n) is 2.15. The number of aryl methyl sites for hydroxylation is 1. The van der Waals surface area contributed by atoms with Crippen LogP contribution in [0.2, 0.25) is 0 Å². The van der Waals surface area contributed by atoms with Crippen molar-refractivity contribution in [2.75, 3.05) is 5.73 Å². The van der Waals surface area contributed by atoms with Crippen LogP contribution in [0.3, 0.4) is 0 Å². The van der Waals surface area contributed by atoms with E-state index >= 15 is 0 Å². The summed E-state index contributed by atoms with van der Waals surface area (Å²) in [6, 6.07) is 11.4. The highest BCUT2D eigenvalue weighted by atomic mass is 79.9. The van der Waals surface area contributed by atoms with Crippen LogP contribution in [0.4, 0.5) is 5.69 Å². The van der Waals surface area contributed by atoms with Crippen molar-refractivity contribution in [1.82, 2.24) is 15.0 Å². The number of hydrogen-bond donors (Lipinski definition) is 1. The van der Waals surface area contributed by atoms with E-state index in [1.165, 1.54) is 4.68 Å². The standard InChI is InChI=1S/C14H11BrN4O/c1-19-12(14(15)17-18-19)13(20)10-6-8-4-2-3-5-9(8)7-11(10)16/h2-7H,16H2,1H3. The summed E-state index contributed by atoms with van der Waals surface area (Å²) >= 11 is 3.23. The van der Waals surface area contributed by atoms with Crippen molar-refractivity contribution in [2.24, 2.45) is 7.05 Å². The maximum absolute atomic E-state index is 12.6. The monoisotopic (exact) mass is 330 g/mol. The number of rotatable bonds is 2. The molecule has 6 heteroatoms. The van der Waals surface area contributed by atoms with Gasteiger partial charge in [-0.25, -0.2) is 4.68 Å². The minimum atomic E-state index is -0.201. The zero-order valence-corrected chi connectivity index (χ0v) is 12.3. The van der Waals surface area contributed by atoms with Gasteiger partial charge in [0.15, 0.2) is 4.60 Å². The lowest BCUT2D eigenvalue weighted by Crippen LogP contribution is -2.11. The molecular formula is C14H11BrN4O. The summed E-state index contributed by atoms with van der Waals surface area (Å²) in [6.45, 7) is 0. The summed E-state index contributed by atoms with van der Waals surface area (Å²) in [5.41, 5.74) is 7.29. The van der Waals surface area contributed by atoms with E-state index in [1.807, 2.05) is 24.3 Å². The lowest BCUT2D eigenvalue weighted by Gasteiger charge is -2.07. The third-order valence-electron chi connectivity index (χ3n) is 3.16. The molecule has 0 saturated carbocycles. The number of halogens is 1. The Morgan fingerprint density at radius 3 is 2.50 bits per heavy atom. The van der Waals surface area contributed by atoms with Crippen LogP contribution in [0.1, 0.15) is 16.1 Å². The number of carbonyl (C=O) groups is 1. The first-order chi connectivity index (χ1) is 9.58. The summed E-state index contributed by atoms with van der Waals surface area (Å²) in [7, 11) is 1.67. The molecule has 0 fully saturated rings.